The predicted octanol–water partition coefficient (Wildman–Crippen LogP) is 4.14. The third-order valence-corrected chi connectivity index (χ3v) is 5.13. The Hall–Kier alpha value is -1.74. The first kappa shape index (κ1) is 15.2. The van der Waals surface area contributed by atoms with E-state index in [2.05, 4.69) is 30.4 Å². The molecule has 1 amide bonds. The summed E-state index contributed by atoms with van der Waals surface area (Å²) in [5.41, 5.74) is 4.14. The van der Waals surface area contributed by atoms with Crippen LogP contribution in [-0.2, 0) is 17.6 Å². The maximum atomic E-state index is 12.1. The van der Waals surface area contributed by atoms with Crippen molar-refractivity contribution < 1.29 is 4.79 Å². The molecule has 0 bridgehead atoms. The Morgan fingerprint density at radius 1 is 1.14 bits per heavy atom. The van der Waals surface area contributed by atoms with Gasteiger partial charge < -0.3 is 5.32 Å². The Morgan fingerprint density at radius 3 is 2.73 bits per heavy atom. The molecule has 0 heterocycles. The van der Waals surface area contributed by atoms with E-state index in [0.717, 1.165) is 4.90 Å². The fraction of sp³-hybridized carbons (Fsp3) is 0.316. The second-order valence-corrected chi connectivity index (χ2v) is 6.82. The molecule has 0 saturated heterocycles. The summed E-state index contributed by atoms with van der Waals surface area (Å²) in [5.74, 6) is 0.543. The van der Waals surface area contributed by atoms with Crippen LogP contribution in [0.2, 0.25) is 0 Å². The molecule has 0 saturated carbocycles. The third-order valence-electron chi connectivity index (χ3n) is 4.11. The van der Waals surface area contributed by atoms with E-state index in [1.54, 1.807) is 11.8 Å². The van der Waals surface area contributed by atoms with E-state index in [1.807, 2.05) is 30.3 Å². The van der Waals surface area contributed by atoms with Gasteiger partial charge in [-0.2, -0.15) is 0 Å². The van der Waals surface area contributed by atoms with Crippen molar-refractivity contribution in [3.8, 4) is 0 Å². The molecular weight excluding hydrogens is 290 g/mol. The Morgan fingerprint density at radius 2 is 1.91 bits per heavy atom. The number of benzene rings is 2. The van der Waals surface area contributed by atoms with Crippen molar-refractivity contribution in [3.05, 3.63) is 65.2 Å². The molecule has 1 aliphatic carbocycles. The van der Waals surface area contributed by atoms with E-state index in [-0.39, 0.29) is 11.9 Å². The predicted molar refractivity (Wildman–Crippen MR) is 92.2 cm³/mol. The second-order valence-electron chi connectivity index (χ2n) is 5.77. The highest BCUT2D eigenvalue weighted by molar-refractivity contribution is 8.00. The largest absolute Gasteiger partial charge is 0.349 e. The summed E-state index contributed by atoms with van der Waals surface area (Å²) in [6.07, 6.45) is 3.63. The summed E-state index contributed by atoms with van der Waals surface area (Å²) >= 11 is 1.57. The van der Waals surface area contributed by atoms with E-state index in [1.165, 1.54) is 36.0 Å². The maximum Gasteiger partial charge on any atom is 0.230 e. The lowest BCUT2D eigenvalue weighted by Gasteiger charge is -2.15. The zero-order chi connectivity index (χ0) is 15.4. The highest BCUT2D eigenvalue weighted by Crippen LogP contribution is 2.25. The molecule has 1 unspecified atom stereocenters. The van der Waals surface area contributed by atoms with E-state index < -0.39 is 0 Å². The van der Waals surface area contributed by atoms with Crippen LogP contribution >= 0.6 is 11.8 Å². The van der Waals surface area contributed by atoms with Crippen LogP contribution in [0.4, 0.5) is 0 Å². The molecule has 3 rings (SSSR count). The van der Waals surface area contributed by atoms with Crippen molar-refractivity contribution in [2.24, 2.45) is 0 Å². The van der Waals surface area contributed by atoms with Gasteiger partial charge in [0.1, 0.15) is 0 Å². The highest BCUT2D eigenvalue weighted by Gasteiger charge is 2.14. The quantitative estimate of drug-likeness (QED) is 0.841. The topological polar surface area (TPSA) is 29.1 Å². The van der Waals surface area contributed by atoms with Gasteiger partial charge in [-0.3, -0.25) is 4.79 Å². The molecule has 22 heavy (non-hydrogen) atoms. The number of hydrogen-bond donors (Lipinski definition) is 1. The van der Waals surface area contributed by atoms with Crippen LogP contribution in [0.5, 0.6) is 0 Å². The minimum atomic E-state index is 0.0646. The number of rotatable bonds is 5. The summed E-state index contributed by atoms with van der Waals surface area (Å²) in [6.45, 7) is 2.06. The number of carbonyl (C=O) groups excluding carboxylic acids is 1. The highest BCUT2D eigenvalue weighted by atomic mass is 32.2. The van der Waals surface area contributed by atoms with Crippen molar-refractivity contribution in [2.45, 2.75) is 37.1 Å². The van der Waals surface area contributed by atoms with Crippen molar-refractivity contribution in [2.75, 3.05) is 5.75 Å². The van der Waals surface area contributed by atoms with E-state index in [4.69, 9.17) is 0 Å². The van der Waals surface area contributed by atoms with Crippen LogP contribution in [0.15, 0.2) is 53.4 Å². The lowest BCUT2D eigenvalue weighted by atomic mass is 10.0. The van der Waals surface area contributed by atoms with Crippen LogP contribution in [0.25, 0.3) is 0 Å². The average Bonchev–Trinajstić information content (AvgIpc) is 3.01. The molecule has 2 aromatic rings. The van der Waals surface area contributed by atoms with Crippen molar-refractivity contribution in [1.82, 2.24) is 5.32 Å². The molecule has 1 N–H and O–H groups in total. The van der Waals surface area contributed by atoms with Gasteiger partial charge in [-0.05, 0) is 55.0 Å². The molecule has 2 aromatic carbocycles. The van der Waals surface area contributed by atoms with Gasteiger partial charge in [-0.1, -0.05) is 36.4 Å². The SMILES string of the molecule is CC(NC(=O)CSc1ccccc1)c1ccc2c(c1)CCC2. The summed E-state index contributed by atoms with van der Waals surface area (Å²) in [6, 6.07) is 16.7. The maximum absolute atomic E-state index is 12.1. The zero-order valence-electron chi connectivity index (χ0n) is 12.8. The molecular formula is C19H21NOS. The van der Waals surface area contributed by atoms with Gasteiger partial charge in [0.15, 0.2) is 0 Å². The number of carbonyl (C=O) groups is 1. The Balaban J connectivity index is 1.55. The summed E-state index contributed by atoms with van der Waals surface area (Å²) in [4.78, 5) is 13.2. The first-order chi connectivity index (χ1) is 10.7. The molecule has 0 fully saturated rings. The molecule has 0 radical (unpaired) electrons. The second kappa shape index (κ2) is 7.01. The van der Waals surface area contributed by atoms with Gasteiger partial charge in [-0.15, -0.1) is 11.8 Å². The standard InChI is InChI=1S/C19H21NOS/c1-14(16-11-10-15-6-5-7-17(15)12-16)20-19(21)13-22-18-8-3-2-4-9-18/h2-4,8-12,14H,5-7,13H2,1H3,(H,20,21). The lowest BCUT2D eigenvalue weighted by Crippen LogP contribution is -2.28. The smallest absolute Gasteiger partial charge is 0.230 e. The van der Waals surface area contributed by atoms with Crippen LogP contribution in [0.3, 0.4) is 0 Å². The van der Waals surface area contributed by atoms with Gasteiger partial charge in [0.2, 0.25) is 5.91 Å². The molecule has 0 spiro atoms. The van der Waals surface area contributed by atoms with Gasteiger partial charge in [0.05, 0.1) is 11.8 Å². The van der Waals surface area contributed by atoms with Crippen molar-refractivity contribution in [1.29, 1.82) is 0 Å². The van der Waals surface area contributed by atoms with Crippen LogP contribution in [-0.4, -0.2) is 11.7 Å². The summed E-state index contributed by atoms with van der Waals surface area (Å²) in [5, 5.41) is 3.10. The van der Waals surface area contributed by atoms with Gasteiger partial charge in [-0.25, -0.2) is 0 Å². The normalized spacial score (nSPS) is 14.4. The molecule has 1 aliphatic rings. The number of hydrogen-bond acceptors (Lipinski definition) is 2. The number of aryl methyl sites for hydroxylation is 2. The number of nitrogens with one attached hydrogen (secondary N) is 1. The number of amides is 1. The molecule has 3 heteroatoms. The monoisotopic (exact) mass is 311 g/mol. The number of fused-ring (bicyclic) bond motifs is 1. The number of thioether (sulfide) groups is 1. The van der Waals surface area contributed by atoms with Crippen molar-refractivity contribution in [3.63, 3.8) is 0 Å². The van der Waals surface area contributed by atoms with Gasteiger partial charge in [0, 0.05) is 4.90 Å². The van der Waals surface area contributed by atoms with E-state index >= 15 is 0 Å². The van der Waals surface area contributed by atoms with E-state index in [9.17, 15) is 4.79 Å². The average molecular weight is 311 g/mol. The summed E-state index contributed by atoms with van der Waals surface area (Å²) < 4.78 is 0. The molecule has 1 atom stereocenters. The molecule has 114 valence electrons. The third kappa shape index (κ3) is 3.72. The van der Waals surface area contributed by atoms with Crippen LogP contribution < -0.4 is 5.32 Å². The van der Waals surface area contributed by atoms with E-state index in [0.29, 0.717) is 5.75 Å². The molecule has 0 aromatic heterocycles. The lowest BCUT2D eigenvalue weighted by molar-refractivity contribution is -0.119. The van der Waals surface area contributed by atoms with Gasteiger partial charge in [0.25, 0.3) is 0 Å². The fourth-order valence-electron chi connectivity index (χ4n) is 2.89. The molecule has 0 aliphatic heterocycles. The molecule has 2 nitrogen and oxygen atoms in total. The van der Waals surface area contributed by atoms with Crippen LogP contribution in [0, 0.1) is 0 Å². The minimum absolute atomic E-state index is 0.0646. The first-order valence-electron chi connectivity index (χ1n) is 7.81. The van der Waals surface area contributed by atoms with Crippen LogP contribution in [0.1, 0.15) is 36.1 Å². The van der Waals surface area contributed by atoms with Crippen molar-refractivity contribution >= 4 is 17.7 Å². The Bertz CT molecular complexity index is 654. The first-order valence-corrected chi connectivity index (χ1v) is 8.80. The summed E-state index contributed by atoms with van der Waals surface area (Å²) in [7, 11) is 0. The van der Waals surface area contributed by atoms with Gasteiger partial charge >= 0.3 is 0 Å². The minimum Gasteiger partial charge on any atom is -0.349 e. The zero-order valence-corrected chi connectivity index (χ0v) is 13.7. The Labute approximate surface area is 136 Å². The Kier molecular flexibility index (Phi) is 4.84. The fourth-order valence-corrected chi connectivity index (χ4v) is 3.62.